The third-order valence-electron chi connectivity index (χ3n) is 1.92. The van der Waals surface area contributed by atoms with Crippen LogP contribution in [0.4, 0.5) is 4.39 Å². The zero-order valence-electron chi connectivity index (χ0n) is 8.00. The van der Waals surface area contributed by atoms with Gasteiger partial charge in [-0.1, -0.05) is 12.1 Å². The van der Waals surface area contributed by atoms with E-state index < -0.39 is 11.3 Å². The third kappa shape index (κ3) is 2.53. The van der Waals surface area contributed by atoms with Crippen LogP contribution in [0, 0.1) is 5.82 Å². The molecule has 0 saturated carbocycles. The largest absolute Gasteiger partial charge is 0.295 e. The lowest BCUT2D eigenvalue weighted by molar-refractivity contribution is -0.115. The molecule has 0 aliphatic heterocycles. The van der Waals surface area contributed by atoms with Gasteiger partial charge >= 0.3 is 0 Å². The highest BCUT2D eigenvalue weighted by atomic mass is 35.5. The Morgan fingerprint density at radius 3 is 2.21 bits per heavy atom. The van der Waals surface area contributed by atoms with Gasteiger partial charge in [0.25, 0.3) is 0 Å². The fourth-order valence-electron chi connectivity index (χ4n) is 1.28. The van der Waals surface area contributed by atoms with Crippen molar-refractivity contribution in [1.29, 1.82) is 0 Å². The predicted molar refractivity (Wildman–Crippen MR) is 53.7 cm³/mol. The number of rotatable bonds is 3. The van der Waals surface area contributed by atoms with E-state index in [2.05, 4.69) is 0 Å². The van der Waals surface area contributed by atoms with Crippen molar-refractivity contribution in [2.24, 2.45) is 0 Å². The second-order valence-electron chi connectivity index (χ2n) is 3.22. The molecule has 1 rings (SSSR count). The van der Waals surface area contributed by atoms with Gasteiger partial charge in [-0.05, 0) is 43.4 Å². The molecule has 2 nitrogen and oxygen atoms in total. The second kappa shape index (κ2) is 4.53. The van der Waals surface area contributed by atoms with Gasteiger partial charge in [-0.3, -0.25) is 9.69 Å². The average Bonchev–Trinajstić information content (AvgIpc) is 2.07. The van der Waals surface area contributed by atoms with Crippen LogP contribution in [-0.4, -0.2) is 24.2 Å². The Balaban J connectivity index is 3.00. The molecule has 0 spiro atoms. The minimum absolute atomic E-state index is 0.326. The molecule has 0 aliphatic rings. The van der Waals surface area contributed by atoms with Gasteiger partial charge in [0.2, 0.25) is 5.24 Å². The molecule has 4 heteroatoms. The summed E-state index contributed by atoms with van der Waals surface area (Å²) < 4.78 is 12.6. The highest BCUT2D eigenvalue weighted by molar-refractivity contribution is 6.64. The number of benzene rings is 1. The molecule has 0 heterocycles. The molecule has 0 amide bonds. The van der Waals surface area contributed by atoms with Crippen LogP contribution in [0.15, 0.2) is 24.3 Å². The zero-order valence-corrected chi connectivity index (χ0v) is 8.75. The Labute approximate surface area is 87.3 Å². The monoisotopic (exact) mass is 215 g/mol. The maximum Gasteiger partial charge on any atom is 0.243 e. The lowest BCUT2D eigenvalue weighted by Crippen LogP contribution is -2.24. The van der Waals surface area contributed by atoms with Crippen molar-refractivity contribution in [1.82, 2.24) is 4.90 Å². The minimum atomic E-state index is -0.516. The van der Waals surface area contributed by atoms with Crippen LogP contribution in [0.5, 0.6) is 0 Å². The normalized spacial score (nSPS) is 12.9. The van der Waals surface area contributed by atoms with Gasteiger partial charge in [-0.2, -0.15) is 0 Å². The fraction of sp³-hybridized carbons (Fsp3) is 0.300. The van der Waals surface area contributed by atoms with Crippen molar-refractivity contribution in [3.8, 4) is 0 Å². The molecule has 1 aromatic rings. The second-order valence-corrected chi connectivity index (χ2v) is 3.59. The molecule has 0 saturated heterocycles. The Morgan fingerprint density at radius 2 is 1.86 bits per heavy atom. The summed E-state index contributed by atoms with van der Waals surface area (Å²) in [5.41, 5.74) is 0.691. The first-order valence-electron chi connectivity index (χ1n) is 4.13. The lowest BCUT2D eigenvalue weighted by atomic mass is 10.1. The fourth-order valence-corrected chi connectivity index (χ4v) is 1.60. The van der Waals surface area contributed by atoms with Crippen LogP contribution in [0.25, 0.3) is 0 Å². The van der Waals surface area contributed by atoms with Gasteiger partial charge in [-0.15, -0.1) is 0 Å². The van der Waals surface area contributed by atoms with Gasteiger partial charge in [-0.25, -0.2) is 4.39 Å². The van der Waals surface area contributed by atoms with Crippen LogP contribution in [0.3, 0.4) is 0 Å². The van der Waals surface area contributed by atoms with E-state index in [1.165, 1.54) is 12.1 Å². The first kappa shape index (κ1) is 11.1. The van der Waals surface area contributed by atoms with E-state index >= 15 is 0 Å². The van der Waals surface area contributed by atoms with E-state index in [1.807, 2.05) is 0 Å². The molecule has 1 aromatic carbocycles. The molecule has 0 N–H and O–H groups in total. The summed E-state index contributed by atoms with van der Waals surface area (Å²) in [6.45, 7) is 0. The summed E-state index contributed by atoms with van der Waals surface area (Å²) in [5.74, 6) is -0.326. The Morgan fingerprint density at radius 1 is 1.36 bits per heavy atom. The van der Waals surface area contributed by atoms with E-state index in [4.69, 9.17) is 11.6 Å². The van der Waals surface area contributed by atoms with E-state index in [1.54, 1.807) is 31.1 Å². The van der Waals surface area contributed by atoms with Gasteiger partial charge in [0.1, 0.15) is 11.9 Å². The average molecular weight is 216 g/mol. The molecular weight excluding hydrogens is 205 g/mol. The van der Waals surface area contributed by atoms with Crippen LogP contribution < -0.4 is 0 Å². The summed E-state index contributed by atoms with van der Waals surface area (Å²) >= 11 is 5.44. The number of likely N-dealkylation sites (N-methyl/N-ethyl adjacent to an activating group) is 1. The Hall–Kier alpha value is -0.930. The van der Waals surface area contributed by atoms with E-state index in [-0.39, 0.29) is 5.82 Å². The lowest BCUT2D eigenvalue weighted by Gasteiger charge is -2.20. The molecule has 0 aromatic heterocycles. The molecule has 76 valence electrons. The minimum Gasteiger partial charge on any atom is -0.295 e. The number of carbonyl (C=O) groups is 1. The van der Waals surface area contributed by atoms with Gasteiger partial charge in [0.15, 0.2) is 0 Å². The first-order valence-corrected chi connectivity index (χ1v) is 4.51. The highest BCUT2D eigenvalue weighted by Gasteiger charge is 2.20. The van der Waals surface area contributed by atoms with Crippen LogP contribution >= 0.6 is 11.6 Å². The molecule has 0 aliphatic carbocycles. The van der Waals surface area contributed by atoms with Crippen LogP contribution in [-0.2, 0) is 4.79 Å². The van der Waals surface area contributed by atoms with Crippen molar-refractivity contribution in [2.45, 2.75) is 6.04 Å². The van der Waals surface area contributed by atoms with Crippen molar-refractivity contribution >= 4 is 16.8 Å². The molecule has 0 bridgehead atoms. The number of hydrogen-bond acceptors (Lipinski definition) is 2. The molecule has 0 fully saturated rings. The van der Waals surface area contributed by atoms with E-state index in [0.717, 1.165) is 0 Å². The van der Waals surface area contributed by atoms with Crippen molar-refractivity contribution in [2.75, 3.05) is 14.1 Å². The molecule has 1 unspecified atom stereocenters. The van der Waals surface area contributed by atoms with Crippen molar-refractivity contribution in [3.05, 3.63) is 35.6 Å². The maximum absolute atomic E-state index is 12.6. The van der Waals surface area contributed by atoms with Gasteiger partial charge in [0.05, 0.1) is 0 Å². The van der Waals surface area contributed by atoms with Gasteiger partial charge < -0.3 is 0 Å². The summed E-state index contributed by atoms with van der Waals surface area (Å²) in [6.07, 6.45) is 0. The van der Waals surface area contributed by atoms with Crippen LogP contribution in [0.1, 0.15) is 11.6 Å². The highest BCUT2D eigenvalue weighted by Crippen LogP contribution is 2.20. The molecule has 0 radical (unpaired) electrons. The summed E-state index contributed by atoms with van der Waals surface area (Å²) in [7, 11) is 3.49. The number of halogens is 2. The summed E-state index contributed by atoms with van der Waals surface area (Å²) in [5, 5.41) is -0.471. The molecule has 14 heavy (non-hydrogen) atoms. The Bertz CT molecular complexity index is 323. The number of carbonyl (C=O) groups excluding carboxylic acids is 1. The standard InChI is InChI=1S/C10H11ClFNO/c1-13(2)9(10(11)14)7-3-5-8(12)6-4-7/h3-6,9H,1-2H3. The molecular formula is C10H11ClFNO. The SMILES string of the molecule is CN(C)C(C(=O)Cl)c1ccc(F)cc1. The predicted octanol–water partition coefficient (Wildman–Crippen LogP) is 2.19. The maximum atomic E-state index is 12.6. The zero-order chi connectivity index (χ0) is 10.7. The number of nitrogens with zero attached hydrogens (tertiary/aromatic N) is 1. The summed E-state index contributed by atoms with van der Waals surface area (Å²) in [4.78, 5) is 12.8. The van der Waals surface area contributed by atoms with Gasteiger partial charge in [0, 0.05) is 0 Å². The third-order valence-corrected chi connectivity index (χ3v) is 2.12. The quantitative estimate of drug-likeness (QED) is 0.721. The topological polar surface area (TPSA) is 20.3 Å². The summed E-state index contributed by atoms with van der Waals surface area (Å²) in [6, 6.07) is 5.22. The van der Waals surface area contributed by atoms with Crippen molar-refractivity contribution < 1.29 is 9.18 Å². The smallest absolute Gasteiger partial charge is 0.243 e. The van der Waals surface area contributed by atoms with Crippen molar-refractivity contribution in [3.63, 3.8) is 0 Å². The first-order chi connectivity index (χ1) is 6.52. The molecule has 1 atom stereocenters. The van der Waals surface area contributed by atoms with Crippen LogP contribution in [0.2, 0.25) is 0 Å². The van der Waals surface area contributed by atoms with E-state index in [9.17, 15) is 9.18 Å². The number of hydrogen-bond donors (Lipinski definition) is 0. The van der Waals surface area contributed by atoms with E-state index in [0.29, 0.717) is 5.56 Å². The Kier molecular flexibility index (Phi) is 3.61.